The highest BCUT2D eigenvalue weighted by molar-refractivity contribution is 4.88. The molecule has 1 N–H and O–H groups in total. The third-order valence-corrected chi connectivity index (χ3v) is 1.41. The van der Waals surface area contributed by atoms with E-state index in [-0.39, 0.29) is 6.04 Å². The molecule has 1 rings (SSSR count). The summed E-state index contributed by atoms with van der Waals surface area (Å²) in [5, 5.41) is 15.5. The van der Waals surface area contributed by atoms with Crippen LogP contribution in [0.25, 0.3) is 0 Å². The maximum atomic E-state index is 8.46. The Balaban J connectivity index is 2.39. The fourth-order valence-corrected chi connectivity index (χ4v) is 0.755. The molecular formula is C7H11N5. The van der Waals surface area contributed by atoms with Crippen LogP contribution in [0.3, 0.4) is 0 Å². The van der Waals surface area contributed by atoms with Crippen LogP contribution in [0, 0.1) is 11.3 Å². The number of rotatable bonds is 3. The zero-order valence-corrected chi connectivity index (χ0v) is 7.15. The topological polar surface area (TPSA) is 66.5 Å². The lowest BCUT2D eigenvalue weighted by Gasteiger charge is -2.01. The highest BCUT2D eigenvalue weighted by atomic mass is 15.3. The predicted molar refractivity (Wildman–Crippen MR) is 42.9 cm³/mol. The first kappa shape index (κ1) is 8.68. The van der Waals surface area contributed by atoms with Gasteiger partial charge in [0.2, 0.25) is 0 Å². The van der Waals surface area contributed by atoms with Crippen LogP contribution in [0.2, 0.25) is 0 Å². The van der Waals surface area contributed by atoms with Gasteiger partial charge in [-0.05, 0) is 6.92 Å². The van der Waals surface area contributed by atoms with E-state index in [2.05, 4.69) is 21.5 Å². The van der Waals surface area contributed by atoms with Gasteiger partial charge in [-0.3, -0.25) is 10.00 Å². The fourth-order valence-electron chi connectivity index (χ4n) is 0.755. The lowest BCUT2D eigenvalue weighted by Crippen LogP contribution is -2.24. The van der Waals surface area contributed by atoms with Crippen molar-refractivity contribution in [3.05, 3.63) is 12.2 Å². The number of nitriles is 1. The van der Waals surface area contributed by atoms with E-state index in [1.165, 1.54) is 0 Å². The first-order chi connectivity index (χ1) is 5.72. The van der Waals surface area contributed by atoms with Crippen LogP contribution in [-0.4, -0.2) is 20.8 Å². The highest BCUT2D eigenvalue weighted by Crippen LogP contribution is 1.88. The molecule has 0 radical (unpaired) electrons. The number of nitrogens with one attached hydrogen (secondary N) is 1. The third kappa shape index (κ3) is 2.32. The minimum Gasteiger partial charge on any atom is -0.295 e. The van der Waals surface area contributed by atoms with Crippen LogP contribution < -0.4 is 5.32 Å². The van der Waals surface area contributed by atoms with Crippen LogP contribution >= 0.6 is 0 Å². The molecule has 1 atom stereocenters. The smallest absolute Gasteiger partial charge is 0.164 e. The van der Waals surface area contributed by atoms with Crippen molar-refractivity contribution in [3.8, 4) is 6.07 Å². The Kier molecular flexibility index (Phi) is 2.77. The third-order valence-electron chi connectivity index (χ3n) is 1.41. The molecule has 0 saturated carbocycles. The first-order valence-corrected chi connectivity index (χ1v) is 3.70. The molecule has 0 fully saturated rings. The average Bonchev–Trinajstić information content (AvgIpc) is 2.47. The van der Waals surface area contributed by atoms with Gasteiger partial charge in [0, 0.05) is 7.05 Å². The lowest BCUT2D eigenvalue weighted by molar-refractivity contribution is 0.612. The van der Waals surface area contributed by atoms with Crippen LogP contribution in [0.4, 0.5) is 0 Å². The van der Waals surface area contributed by atoms with Gasteiger partial charge in [0.1, 0.15) is 6.33 Å². The predicted octanol–water partition coefficient (Wildman–Crippen LogP) is -0.183. The zero-order chi connectivity index (χ0) is 8.97. The summed E-state index contributed by atoms with van der Waals surface area (Å²) in [6.07, 6.45) is 1.63. The molecule has 5 heteroatoms. The van der Waals surface area contributed by atoms with E-state index >= 15 is 0 Å². The molecule has 0 aliphatic carbocycles. The largest absolute Gasteiger partial charge is 0.295 e. The van der Waals surface area contributed by atoms with Crippen molar-refractivity contribution in [2.24, 2.45) is 7.05 Å². The van der Waals surface area contributed by atoms with Crippen LogP contribution in [0.1, 0.15) is 12.7 Å². The standard InChI is InChI=1S/C7H11N5/c1-6(3-8)9-4-7-10-5-12(2)11-7/h5-6,9H,4H2,1-2H3. The maximum absolute atomic E-state index is 8.46. The van der Waals surface area contributed by atoms with Crippen molar-refractivity contribution in [3.63, 3.8) is 0 Å². The summed E-state index contributed by atoms with van der Waals surface area (Å²) in [6, 6.07) is 1.91. The quantitative estimate of drug-likeness (QED) is 0.674. The molecule has 0 saturated heterocycles. The number of hydrogen-bond donors (Lipinski definition) is 1. The van der Waals surface area contributed by atoms with Crippen molar-refractivity contribution in [1.82, 2.24) is 20.1 Å². The second-order valence-electron chi connectivity index (χ2n) is 2.57. The molecule has 5 nitrogen and oxygen atoms in total. The normalized spacial score (nSPS) is 12.4. The molecule has 0 aliphatic heterocycles. The molecule has 64 valence electrons. The second-order valence-corrected chi connectivity index (χ2v) is 2.57. The van der Waals surface area contributed by atoms with Crippen molar-refractivity contribution >= 4 is 0 Å². The lowest BCUT2D eigenvalue weighted by atomic mass is 10.4. The monoisotopic (exact) mass is 165 g/mol. The van der Waals surface area contributed by atoms with E-state index in [0.717, 1.165) is 0 Å². The molecule has 1 unspecified atom stereocenters. The number of aryl methyl sites for hydroxylation is 1. The first-order valence-electron chi connectivity index (χ1n) is 3.70. The summed E-state index contributed by atoms with van der Waals surface area (Å²) in [6.45, 7) is 2.33. The van der Waals surface area contributed by atoms with Crippen LogP contribution in [0.5, 0.6) is 0 Å². The Morgan fingerprint density at radius 2 is 2.58 bits per heavy atom. The van der Waals surface area contributed by atoms with Crippen molar-refractivity contribution in [1.29, 1.82) is 5.26 Å². The van der Waals surface area contributed by atoms with Gasteiger partial charge >= 0.3 is 0 Å². The summed E-state index contributed by atoms with van der Waals surface area (Å²) in [5.41, 5.74) is 0. The minimum absolute atomic E-state index is 0.159. The Morgan fingerprint density at radius 3 is 3.08 bits per heavy atom. The molecule has 0 aromatic carbocycles. The molecule has 1 heterocycles. The van der Waals surface area contributed by atoms with E-state index in [0.29, 0.717) is 12.4 Å². The summed E-state index contributed by atoms with van der Waals surface area (Å²) < 4.78 is 1.63. The van der Waals surface area contributed by atoms with Crippen molar-refractivity contribution in [2.75, 3.05) is 0 Å². The average molecular weight is 165 g/mol. The van der Waals surface area contributed by atoms with E-state index < -0.39 is 0 Å². The molecule has 0 spiro atoms. The number of hydrogen-bond acceptors (Lipinski definition) is 4. The molecule has 0 aliphatic rings. The van der Waals surface area contributed by atoms with E-state index in [4.69, 9.17) is 5.26 Å². The zero-order valence-electron chi connectivity index (χ0n) is 7.15. The molecule has 0 bridgehead atoms. The van der Waals surface area contributed by atoms with Gasteiger partial charge < -0.3 is 0 Å². The Morgan fingerprint density at radius 1 is 1.83 bits per heavy atom. The van der Waals surface area contributed by atoms with Crippen molar-refractivity contribution < 1.29 is 0 Å². The summed E-state index contributed by atoms with van der Waals surface area (Å²) >= 11 is 0. The molecule has 1 aromatic heterocycles. The van der Waals surface area contributed by atoms with E-state index in [1.807, 2.05) is 7.05 Å². The van der Waals surface area contributed by atoms with Gasteiger partial charge in [-0.1, -0.05) is 0 Å². The summed E-state index contributed by atoms with van der Waals surface area (Å²) in [5.74, 6) is 0.708. The van der Waals surface area contributed by atoms with Gasteiger partial charge in [-0.15, -0.1) is 0 Å². The summed E-state index contributed by atoms with van der Waals surface area (Å²) in [7, 11) is 1.81. The van der Waals surface area contributed by atoms with Gasteiger partial charge in [0.25, 0.3) is 0 Å². The second kappa shape index (κ2) is 3.83. The van der Waals surface area contributed by atoms with E-state index in [1.54, 1.807) is 17.9 Å². The van der Waals surface area contributed by atoms with Crippen LogP contribution in [-0.2, 0) is 13.6 Å². The summed E-state index contributed by atoms with van der Waals surface area (Å²) in [4.78, 5) is 4.00. The van der Waals surface area contributed by atoms with Gasteiger partial charge in [-0.2, -0.15) is 10.4 Å². The molecule has 0 amide bonds. The van der Waals surface area contributed by atoms with E-state index in [9.17, 15) is 0 Å². The van der Waals surface area contributed by atoms with Gasteiger partial charge in [0.05, 0.1) is 18.7 Å². The highest BCUT2D eigenvalue weighted by Gasteiger charge is 2.01. The Hall–Kier alpha value is -1.41. The molecular weight excluding hydrogens is 154 g/mol. The van der Waals surface area contributed by atoms with Crippen molar-refractivity contribution in [2.45, 2.75) is 19.5 Å². The fraction of sp³-hybridized carbons (Fsp3) is 0.571. The number of nitrogens with zero attached hydrogens (tertiary/aromatic N) is 4. The Labute approximate surface area is 71.0 Å². The molecule has 12 heavy (non-hydrogen) atoms. The van der Waals surface area contributed by atoms with Gasteiger partial charge in [0.15, 0.2) is 5.82 Å². The number of aromatic nitrogens is 3. The SMILES string of the molecule is CC(C#N)NCc1ncn(C)n1. The molecule has 1 aromatic rings. The maximum Gasteiger partial charge on any atom is 0.164 e. The van der Waals surface area contributed by atoms with Gasteiger partial charge in [-0.25, -0.2) is 4.98 Å². The Bertz CT molecular complexity index is 284. The minimum atomic E-state index is -0.159. The van der Waals surface area contributed by atoms with Crippen LogP contribution in [0.15, 0.2) is 6.33 Å².